The van der Waals surface area contributed by atoms with Crippen molar-refractivity contribution in [3.63, 3.8) is 0 Å². The van der Waals surface area contributed by atoms with Gasteiger partial charge in [-0.3, -0.25) is 5.10 Å². The maximum Gasteiger partial charge on any atom is 0.410 e. The van der Waals surface area contributed by atoms with Gasteiger partial charge in [0, 0.05) is 24.2 Å². The molecule has 3 N–H and O–H groups in total. The van der Waals surface area contributed by atoms with E-state index in [-0.39, 0.29) is 18.2 Å². The predicted octanol–water partition coefficient (Wildman–Crippen LogP) is 2.34. The zero-order valence-corrected chi connectivity index (χ0v) is 14.2. The number of piperazine rings is 1. The van der Waals surface area contributed by atoms with Crippen molar-refractivity contribution in [2.75, 3.05) is 23.7 Å². The quantitative estimate of drug-likeness (QED) is 0.784. The van der Waals surface area contributed by atoms with E-state index in [0.717, 1.165) is 35.4 Å². The number of aromatic amines is 1. The SMILES string of the molecule is CC(C)(C)OC(=O)N1CC2CC1CN2c1n[nH]c2cc(N)ccc12. The average molecular weight is 329 g/mol. The molecule has 2 fully saturated rings. The molecule has 128 valence electrons. The van der Waals surface area contributed by atoms with E-state index < -0.39 is 5.60 Å². The molecule has 7 nitrogen and oxygen atoms in total. The molecule has 2 aliphatic rings. The molecule has 24 heavy (non-hydrogen) atoms. The third-order valence-electron chi connectivity index (χ3n) is 4.71. The van der Waals surface area contributed by atoms with E-state index in [4.69, 9.17) is 10.5 Å². The van der Waals surface area contributed by atoms with Gasteiger partial charge in [-0.1, -0.05) is 0 Å². The number of hydrogen-bond donors (Lipinski definition) is 2. The number of nitrogen functional groups attached to an aromatic ring is 1. The molecule has 2 unspecified atom stereocenters. The summed E-state index contributed by atoms with van der Waals surface area (Å²) in [4.78, 5) is 16.5. The van der Waals surface area contributed by atoms with Gasteiger partial charge in [0.1, 0.15) is 5.60 Å². The minimum Gasteiger partial charge on any atom is -0.444 e. The molecule has 2 saturated heterocycles. The van der Waals surface area contributed by atoms with Crippen molar-refractivity contribution in [2.24, 2.45) is 0 Å². The van der Waals surface area contributed by atoms with Gasteiger partial charge in [-0.15, -0.1) is 0 Å². The molecule has 1 aromatic carbocycles. The van der Waals surface area contributed by atoms with Gasteiger partial charge in [0.05, 0.1) is 17.6 Å². The number of hydrogen-bond acceptors (Lipinski definition) is 5. The van der Waals surface area contributed by atoms with Crippen molar-refractivity contribution in [1.29, 1.82) is 0 Å². The van der Waals surface area contributed by atoms with Crippen LogP contribution in [0.25, 0.3) is 10.9 Å². The summed E-state index contributed by atoms with van der Waals surface area (Å²) in [5.74, 6) is 0.946. The lowest BCUT2D eigenvalue weighted by Crippen LogP contribution is -2.50. The summed E-state index contributed by atoms with van der Waals surface area (Å²) >= 11 is 0. The Labute approximate surface area is 140 Å². The van der Waals surface area contributed by atoms with Gasteiger partial charge < -0.3 is 20.3 Å². The van der Waals surface area contributed by atoms with Gasteiger partial charge in [0.15, 0.2) is 5.82 Å². The number of aromatic nitrogens is 2. The normalized spacial score (nSPS) is 23.3. The van der Waals surface area contributed by atoms with E-state index in [0.29, 0.717) is 6.54 Å². The molecule has 2 bridgehead atoms. The molecule has 1 amide bonds. The van der Waals surface area contributed by atoms with Gasteiger partial charge in [-0.25, -0.2) is 4.79 Å². The van der Waals surface area contributed by atoms with Gasteiger partial charge in [-0.2, -0.15) is 5.10 Å². The molecule has 4 rings (SSSR count). The minimum atomic E-state index is -0.461. The summed E-state index contributed by atoms with van der Waals surface area (Å²) in [6.45, 7) is 7.16. The first-order chi connectivity index (χ1) is 11.3. The molecule has 0 aliphatic carbocycles. The van der Waals surface area contributed by atoms with E-state index in [9.17, 15) is 4.79 Å². The number of rotatable bonds is 1. The lowest BCUT2D eigenvalue weighted by Gasteiger charge is -2.35. The van der Waals surface area contributed by atoms with Crippen LogP contribution in [-0.4, -0.2) is 52.0 Å². The van der Waals surface area contributed by atoms with Crippen molar-refractivity contribution in [1.82, 2.24) is 15.1 Å². The van der Waals surface area contributed by atoms with E-state index in [1.54, 1.807) is 0 Å². The zero-order chi connectivity index (χ0) is 17.1. The van der Waals surface area contributed by atoms with Gasteiger partial charge >= 0.3 is 6.09 Å². The second-order valence-corrected chi connectivity index (χ2v) is 7.68. The highest BCUT2D eigenvalue weighted by atomic mass is 16.6. The Morgan fingerprint density at radius 2 is 2.12 bits per heavy atom. The Morgan fingerprint density at radius 1 is 1.33 bits per heavy atom. The number of carbonyl (C=O) groups excluding carboxylic acids is 1. The number of likely N-dealkylation sites (tertiary alicyclic amines) is 1. The molecule has 0 saturated carbocycles. The van der Waals surface area contributed by atoms with Crippen LogP contribution in [0, 0.1) is 0 Å². The first-order valence-corrected chi connectivity index (χ1v) is 8.32. The highest BCUT2D eigenvalue weighted by Gasteiger charge is 2.47. The first kappa shape index (κ1) is 15.1. The summed E-state index contributed by atoms with van der Waals surface area (Å²) in [5.41, 5.74) is 7.03. The fraction of sp³-hybridized carbons (Fsp3) is 0.529. The van der Waals surface area contributed by atoms with Crippen LogP contribution in [0.15, 0.2) is 18.2 Å². The number of carbonyl (C=O) groups is 1. The summed E-state index contributed by atoms with van der Waals surface area (Å²) in [6, 6.07) is 6.26. The largest absolute Gasteiger partial charge is 0.444 e. The number of amides is 1. The van der Waals surface area contributed by atoms with Crippen molar-refractivity contribution in [3.8, 4) is 0 Å². The Kier molecular flexibility index (Phi) is 3.16. The summed E-state index contributed by atoms with van der Waals surface area (Å²) in [7, 11) is 0. The number of nitrogens with zero attached hydrogens (tertiary/aromatic N) is 3. The average Bonchev–Trinajstić information content (AvgIpc) is 3.17. The number of ether oxygens (including phenoxy) is 1. The van der Waals surface area contributed by atoms with Crippen LogP contribution < -0.4 is 10.6 Å². The number of H-pyrrole nitrogens is 1. The third kappa shape index (κ3) is 2.44. The van der Waals surface area contributed by atoms with E-state index in [2.05, 4.69) is 15.1 Å². The smallest absolute Gasteiger partial charge is 0.410 e. The molecule has 3 heterocycles. The number of anilines is 2. The molecular formula is C17H23N5O2. The van der Waals surface area contributed by atoms with Gasteiger partial charge in [0.25, 0.3) is 0 Å². The Balaban J connectivity index is 1.53. The lowest BCUT2D eigenvalue weighted by molar-refractivity contribution is 0.0214. The zero-order valence-electron chi connectivity index (χ0n) is 14.2. The second-order valence-electron chi connectivity index (χ2n) is 7.68. The monoisotopic (exact) mass is 329 g/mol. The number of benzene rings is 1. The molecule has 2 aliphatic heterocycles. The molecule has 7 heteroatoms. The van der Waals surface area contributed by atoms with Gasteiger partial charge in [0.2, 0.25) is 0 Å². The van der Waals surface area contributed by atoms with Crippen molar-refractivity contribution in [2.45, 2.75) is 44.9 Å². The van der Waals surface area contributed by atoms with E-state index in [1.807, 2.05) is 43.9 Å². The maximum atomic E-state index is 12.3. The first-order valence-electron chi connectivity index (χ1n) is 8.32. The van der Waals surface area contributed by atoms with Crippen LogP contribution >= 0.6 is 0 Å². The van der Waals surface area contributed by atoms with Crippen LogP contribution in [0.4, 0.5) is 16.3 Å². The van der Waals surface area contributed by atoms with Crippen LogP contribution in [0.5, 0.6) is 0 Å². The Hall–Kier alpha value is -2.44. The lowest BCUT2D eigenvalue weighted by atomic mass is 10.2. The summed E-state index contributed by atoms with van der Waals surface area (Å²) < 4.78 is 5.52. The Bertz CT molecular complexity index is 794. The number of nitrogens with one attached hydrogen (secondary N) is 1. The molecule has 1 aromatic heterocycles. The fourth-order valence-electron chi connectivity index (χ4n) is 3.71. The molecule has 2 atom stereocenters. The van der Waals surface area contributed by atoms with Crippen LogP contribution in [0.1, 0.15) is 27.2 Å². The topological polar surface area (TPSA) is 87.5 Å². The summed E-state index contributed by atoms with van der Waals surface area (Å²) in [6.07, 6.45) is 0.747. The third-order valence-corrected chi connectivity index (χ3v) is 4.71. The highest BCUT2D eigenvalue weighted by molar-refractivity contribution is 5.92. The molecule has 2 aromatic rings. The standard InChI is InChI=1S/C17H23N5O2/c1-17(2,3)24-16(23)22-9-11-7-12(22)8-21(11)15-13-5-4-10(18)6-14(13)19-20-15/h4-6,11-12H,7-9,18H2,1-3H3,(H,19,20). The molecular weight excluding hydrogens is 306 g/mol. The molecule has 0 radical (unpaired) electrons. The Morgan fingerprint density at radius 3 is 2.79 bits per heavy atom. The van der Waals surface area contributed by atoms with Crippen molar-refractivity contribution < 1.29 is 9.53 Å². The van der Waals surface area contributed by atoms with Crippen LogP contribution in [-0.2, 0) is 4.74 Å². The number of nitrogens with two attached hydrogens (primary N) is 1. The second kappa shape index (κ2) is 5.03. The van der Waals surface area contributed by atoms with Crippen LogP contribution in [0.3, 0.4) is 0 Å². The van der Waals surface area contributed by atoms with E-state index in [1.165, 1.54) is 0 Å². The fourth-order valence-corrected chi connectivity index (χ4v) is 3.71. The highest BCUT2D eigenvalue weighted by Crippen LogP contribution is 2.37. The molecule has 0 spiro atoms. The van der Waals surface area contributed by atoms with Gasteiger partial charge in [-0.05, 0) is 45.4 Å². The van der Waals surface area contributed by atoms with Crippen LogP contribution in [0.2, 0.25) is 0 Å². The van der Waals surface area contributed by atoms with Crippen molar-refractivity contribution in [3.05, 3.63) is 18.2 Å². The predicted molar refractivity (Wildman–Crippen MR) is 93.0 cm³/mol. The summed E-state index contributed by atoms with van der Waals surface area (Å²) in [5, 5.41) is 8.60. The maximum absolute atomic E-state index is 12.3. The minimum absolute atomic E-state index is 0.186. The number of fused-ring (bicyclic) bond motifs is 3. The van der Waals surface area contributed by atoms with Crippen molar-refractivity contribution >= 4 is 28.5 Å². The van der Waals surface area contributed by atoms with E-state index >= 15 is 0 Å².